The normalized spacial score (nSPS) is 16.5. The van der Waals surface area contributed by atoms with Crippen molar-refractivity contribution < 1.29 is 26.5 Å². The topological polar surface area (TPSA) is 102 Å². The lowest BCUT2D eigenvalue weighted by atomic mass is 9.99. The molecule has 1 aliphatic rings. The number of allylic oxidation sites excluding steroid dienone is 1. The summed E-state index contributed by atoms with van der Waals surface area (Å²) >= 11 is 0. The fourth-order valence-corrected chi connectivity index (χ4v) is 5.24. The number of benzene rings is 2. The van der Waals surface area contributed by atoms with Crippen LogP contribution in [0.25, 0.3) is 16.5 Å². The van der Waals surface area contributed by atoms with Gasteiger partial charge in [0.05, 0.1) is 27.5 Å². The molecule has 3 aromatic rings. The van der Waals surface area contributed by atoms with Gasteiger partial charge in [-0.2, -0.15) is 13.2 Å². The number of nitro benzene ring substituents is 1. The standard InChI is InChI=1S/C24H22F3N3O4S/c1-14-9-23(29-15(2)18-10-19(24(25,26)27)13-20(11-18)30(31)32)21-12-17(3-4-22(21)28-14)16-5-7-35(33,34)8-6-16/h3-5,9-13,15H,6-8H2,1-2H3,(H,28,29). The molecule has 0 radical (unpaired) electrons. The summed E-state index contributed by atoms with van der Waals surface area (Å²) in [6.07, 6.45) is -2.64. The molecule has 1 aliphatic heterocycles. The Hall–Kier alpha value is -3.47. The molecule has 7 nitrogen and oxygen atoms in total. The highest BCUT2D eigenvalue weighted by atomic mass is 32.2. The monoisotopic (exact) mass is 505 g/mol. The summed E-state index contributed by atoms with van der Waals surface area (Å²) in [5.74, 6) is 0.0441. The molecular weight excluding hydrogens is 483 g/mol. The average molecular weight is 506 g/mol. The minimum atomic E-state index is -4.73. The van der Waals surface area contributed by atoms with Crippen molar-refractivity contribution >= 4 is 37.7 Å². The average Bonchev–Trinajstić information content (AvgIpc) is 2.78. The number of hydrogen-bond acceptors (Lipinski definition) is 6. The second-order valence-corrected chi connectivity index (χ2v) is 10.8. The fourth-order valence-electron chi connectivity index (χ4n) is 4.09. The van der Waals surface area contributed by atoms with E-state index in [1.165, 1.54) is 0 Å². The second kappa shape index (κ2) is 8.95. The van der Waals surface area contributed by atoms with E-state index in [-0.39, 0.29) is 17.1 Å². The van der Waals surface area contributed by atoms with Gasteiger partial charge in [0.2, 0.25) is 0 Å². The van der Waals surface area contributed by atoms with Gasteiger partial charge in [0.1, 0.15) is 0 Å². The Morgan fingerprint density at radius 2 is 1.89 bits per heavy atom. The van der Waals surface area contributed by atoms with E-state index in [4.69, 9.17) is 0 Å². The van der Waals surface area contributed by atoms with Crippen molar-refractivity contribution in [3.8, 4) is 0 Å². The highest BCUT2D eigenvalue weighted by Gasteiger charge is 2.33. The number of anilines is 1. The first-order valence-electron chi connectivity index (χ1n) is 10.8. The van der Waals surface area contributed by atoms with E-state index in [1.54, 1.807) is 26.0 Å². The van der Waals surface area contributed by atoms with Crippen molar-refractivity contribution in [2.45, 2.75) is 32.5 Å². The van der Waals surface area contributed by atoms with Crippen molar-refractivity contribution in [1.82, 2.24) is 4.98 Å². The van der Waals surface area contributed by atoms with Crippen molar-refractivity contribution in [2.75, 3.05) is 16.8 Å². The van der Waals surface area contributed by atoms with Crippen LogP contribution in [0.1, 0.15) is 41.8 Å². The summed E-state index contributed by atoms with van der Waals surface area (Å²) in [5.41, 5.74) is 2.06. The van der Waals surface area contributed by atoms with Crippen LogP contribution >= 0.6 is 0 Å². The zero-order chi connectivity index (χ0) is 25.5. The molecule has 1 unspecified atom stereocenters. The van der Waals surface area contributed by atoms with Gasteiger partial charge < -0.3 is 5.32 Å². The molecular formula is C24H22F3N3O4S. The number of aryl methyl sites for hydroxylation is 1. The van der Waals surface area contributed by atoms with Crippen LogP contribution in [0.3, 0.4) is 0 Å². The number of aromatic nitrogens is 1. The highest BCUT2D eigenvalue weighted by Crippen LogP contribution is 2.36. The fraction of sp³-hybridized carbons (Fsp3) is 0.292. The van der Waals surface area contributed by atoms with Gasteiger partial charge in [0.25, 0.3) is 5.69 Å². The van der Waals surface area contributed by atoms with Crippen molar-refractivity contribution in [1.29, 1.82) is 0 Å². The summed E-state index contributed by atoms with van der Waals surface area (Å²) in [7, 11) is -3.08. The van der Waals surface area contributed by atoms with Gasteiger partial charge in [-0.3, -0.25) is 15.1 Å². The maximum Gasteiger partial charge on any atom is 0.416 e. The van der Waals surface area contributed by atoms with E-state index >= 15 is 0 Å². The van der Waals surface area contributed by atoms with Gasteiger partial charge in [-0.1, -0.05) is 12.1 Å². The van der Waals surface area contributed by atoms with E-state index < -0.39 is 38.2 Å². The molecule has 1 N–H and O–H groups in total. The summed E-state index contributed by atoms with van der Waals surface area (Å²) in [6, 6.07) is 9.16. The number of sulfone groups is 1. The number of nitro groups is 1. The molecule has 1 atom stereocenters. The number of halogens is 3. The number of nitrogens with one attached hydrogen (secondary N) is 1. The molecule has 0 bridgehead atoms. The van der Waals surface area contributed by atoms with Crippen LogP contribution in [0.5, 0.6) is 0 Å². The van der Waals surface area contributed by atoms with Crippen LogP contribution in [0.4, 0.5) is 24.5 Å². The lowest BCUT2D eigenvalue weighted by molar-refractivity contribution is -0.385. The molecule has 184 valence electrons. The van der Waals surface area contributed by atoms with Crippen LogP contribution < -0.4 is 5.32 Å². The first-order valence-corrected chi connectivity index (χ1v) is 12.6. The maximum atomic E-state index is 13.3. The Labute approximate surface area is 199 Å². The summed E-state index contributed by atoms with van der Waals surface area (Å²) < 4.78 is 63.5. The van der Waals surface area contributed by atoms with Crippen LogP contribution in [0.2, 0.25) is 0 Å². The van der Waals surface area contributed by atoms with Crippen molar-refractivity contribution in [3.63, 3.8) is 0 Å². The van der Waals surface area contributed by atoms with Crippen molar-refractivity contribution in [3.05, 3.63) is 81.0 Å². The van der Waals surface area contributed by atoms with Crippen LogP contribution in [-0.2, 0) is 16.0 Å². The molecule has 2 aromatic carbocycles. The molecule has 0 fully saturated rings. The van der Waals surface area contributed by atoms with Gasteiger partial charge >= 0.3 is 6.18 Å². The molecule has 35 heavy (non-hydrogen) atoms. The molecule has 0 aliphatic carbocycles. The molecule has 1 aromatic heterocycles. The number of hydrogen-bond donors (Lipinski definition) is 1. The number of nitrogens with zero attached hydrogens (tertiary/aromatic N) is 2. The first-order chi connectivity index (χ1) is 16.3. The van der Waals surface area contributed by atoms with Gasteiger partial charge in [-0.25, -0.2) is 8.42 Å². The number of fused-ring (bicyclic) bond motifs is 1. The lowest BCUT2D eigenvalue weighted by Crippen LogP contribution is -2.15. The largest absolute Gasteiger partial charge is 0.416 e. The molecule has 0 amide bonds. The highest BCUT2D eigenvalue weighted by molar-refractivity contribution is 7.91. The summed E-state index contributed by atoms with van der Waals surface area (Å²) in [5, 5.41) is 15.1. The maximum absolute atomic E-state index is 13.3. The number of non-ortho nitro benzene ring substituents is 1. The third kappa shape index (κ3) is 5.45. The van der Waals surface area contributed by atoms with E-state index in [9.17, 15) is 31.7 Å². The summed E-state index contributed by atoms with van der Waals surface area (Å²) in [6.45, 7) is 3.41. The number of pyridine rings is 1. The van der Waals surface area contributed by atoms with Crippen LogP contribution in [0.15, 0.2) is 48.5 Å². The first kappa shape index (κ1) is 24.6. The second-order valence-electron chi connectivity index (χ2n) is 8.57. The molecule has 4 rings (SSSR count). The molecule has 2 heterocycles. The minimum absolute atomic E-state index is 0.0248. The van der Waals surface area contributed by atoms with E-state index in [0.29, 0.717) is 34.8 Å². The summed E-state index contributed by atoms with van der Waals surface area (Å²) in [4.78, 5) is 14.9. The third-order valence-electron chi connectivity index (χ3n) is 5.92. The van der Waals surface area contributed by atoms with Crippen molar-refractivity contribution in [2.24, 2.45) is 0 Å². The Morgan fingerprint density at radius 3 is 2.51 bits per heavy atom. The molecule has 0 saturated heterocycles. The lowest BCUT2D eigenvalue weighted by Gasteiger charge is -2.20. The zero-order valence-electron chi connectivity index (χ0n) is 18.9. The Bertz CT molecular complexity index is 1470. The molecule has 11 heteroatoms. The van der Waals surface area contributed by atoms with Crippen LogP contribution in [-0.4, -0.2) is 29.8 Å². The Morgan fingerprint density at radius 1 is 1.14 bits per heavy atom. The van der Waals surface area contributed by atoms with E-state index in [0.717, 1.165) is 23.3 Å². The predicted octanol–water partition coefficient (Wildman–Crippen LogP) is 5.85. The number of rotatable bonds is 5. The van der Waals surface area contributed by atoms with E-state index in [2.05, 4.69) is 10.3 Å². The smallest absolute Gasteiger partial charge is 0.378 e. The predicted molar refractivity (Wildman–Crippen MR) is 128 cm³/mol. The third-order valence-corrected chi connectivity index (χ3v) is 7.42. The van der Waals surface area contributed by atoms with E-state index in [1.807, 2.05) is 18.2 Å². The number of alkyl halides is 3. The SMILES string of the molecule is Cc1cc(NC(C)c2cc([N+](=O)[O-])cc(C(F)(F)F)c2)c2cc(C3=CCS(=O)(=O)CC3)ccc2n1. The van der Waals surface area contributed by atoms with Gasteiger partial charge in [-0.05, 0) is 61.2 Å². The minimum Gasteiger partial charge on any atom is -0.378 e. The molecule has 0 spiro atoms. The van der Waals surface area contributed by atoms with Crippen LogP contribution in [0, 0.1) is 17.0 Å². The Balaban J connectivity index is 1.74. The molecule has 0 saturated carbocycles. The Kier molecular flexibility index (Phi) is 6.31. The van der Waals surface area contributed by atoms with Gasteiger partial charge in [-0.15, -0.1) is 0 Å². The quantitative estimate of drug-likeness (QED) is 0.345. The van der Waals surface area contributed by atoms with Gasteiger partial charge in [0, 0.05) is 34.9 Å². The van der Waals surface area contributed by atoms with Gasteiger partial charge in [0.15, 0.2) is 9.84 Å². The zero-order valence-corrected chi connectivity index (χ0v) is 19.7.